The van der Waals surface area contributed by atoms with E-state index in [9.17, 15) is 0 Å². The smallest absolute Gasteiger partial charge is 0.142 e. The van der Waals surface area contributed by atoms with Crippen molar-refractivity contribution < 1.29 is 4.74 Å². The lowest BCUT2D eigenvalue weighted by Gasteiger charge is -2.06. The van der Waals surface area contributed by atoms with Crippen LogP contribution in [0.1, 0.15) is 6.92 Å². The van der Waals surface area contributed by atoms with Crippen molar-refractivity contribution in [2.24, 2.45) is 5.92 Å². The maximum absolute atomic E-state index is 5.63. The van der Waals surface area contributed by atoms with Crippen molar-refractivity contribution in [1.82, 2.24) is 0 Å². The summed E-state index contributed by atoms with van der Waals surface area (Å²) in [6.07, 6.45) is 0. The Hall–Kier alpha value is -0.700. The first kappa shape index (κ1) is 8.88. The first-order valence-corrected chi connectivity index (χ1v) is 5.21. The van der Waals surface area contributed by atoms with Crippen LogP contribution in [0.2, 0.25) is 0 Å². The molecule has 3 heteroatoms. The second-order valence-corrected chi connectivity index (χ2v) is 4.35. The molecule has 0 bridgehead atoms. The zero-order valence-electron chi connectivity index (χ0n) is 7.51. The van der Waals surface area contributed by atoms with Crippen LogP contribution in [0.25, 0.3) is 0 Å². The number of benzene rings is 1. The van der Waals surface area contributed by atoms with E-state index >= 15 is 0 Å². The summed E-state index contributed by atoms with van der Waals surface area (Å²) in [4.78, 5) is 0. The van der Waals surface area contributed by atoms with Crippen molar-refractivity contribution in [2.45, 2.75) is 6.92 Å². The molecule has 1 atom stereocenters. The molecule has 0 fully saturated rings. The second kappa shape index (κ2) is 3.58. The van der Waals surface area contributed by atoms with Gasteiger partial charge in [0.05, 0.1) is 12.3 Å². The summed E-state index contributed by atoms with van der Waals surface area (Å²) >= 11 is 3.44. The van der Waals surface area contributed by atoms with E-state index in [0.717, 1.165) is 29.1 Å². The van der Waals surface area contributed by atoms with Crippen LogP contribution >= 0.6 is 15.9 Å². The normalized spacial score (nSPS) is 20.9. The van der Waals surface area contributed by atoms with Gasteiger partial charge in [-0.25, -0.2) is 0 Å². The van der Waals surface area contributed by atoms with Gasteiger partial charge in [-0.15, -0.1) is 0 Å². The monoisotopic (exact) mass is 241 g/mol. The Bertz CT molecular complexity index is 314. The predicted molar refractivity (Wildman–Crippen MR) is 57.3 cm³/mol. The van der Waals surface area contributed by atoms with Crippen LogP contribution in [0.5, 0.6) is 5.75 Å². The van der Waals surface area contributed by atoms with Crippen molar-refractivity contribution in [2.75, 3.05) is 18.5 Å². The van der Waals surface area contributed by atoms with Crippen LogP contribution in [0.4, 0.5) is 5.69 Å². The fourth-order valence-corrected chi connectivity index (χ4v) is 1.70. The van der Waals surface area contributed by atoms with E-state index in [-0.39, 0.29) is 0 Å². The number of anilines is 1. The SMILES string of the molecule is CC1CNc2cc(Br)ccc2OC1. The maximum atomic E-state index is 5.63. The number of halogens is 1. The molecule has 0 radical (unpaired) electrons. The van der Waals surface area contributed by atoms with Gasteiger partial charge in [0.1, 0.15) is 5.75 Å². The van der Waals surface area contributed by atoms with E-state index in [4.69, 9.17) is 4.74 Å². The lowest BCUT2D eigenvalue weighted by molar-refractivity contribution is 0.275. The Morgan fingerprint density at radius 3 is 3.23 bits per heavy atom. The van der Waals surface area contributed by atoms with Crippen molar-refractivity contribution in [1.29, 1.82) is 0 Å². The van der Waals surface area contributed by atoms with Crippen molar-refractivity contribution >= 4 is 21.6 Å². The summed E-state index contributed by atoms with van der Waals surface area (Å²) < 4.78 is 6.71. The van der Waals surface area contributed by atoms with Gasteiger partial charge in [0.2, 0.25) is 0 Å². The quantitative estimate of drug-likeness (QED) is 0.755. The molecule has 0 amide bonds. The zero-order chi connectivity index (χ0) is 9.26. The number of ether oxygens (including phenoxy) is 1. The van der Waals surface area contributed by atoms with Crippen LogP contribution in [-0.2, 0) is 0 Å². The summed E-state index contributed by atoms with van der Waals surface area (Å²) in [6.45, 7) is 3.94. The van der Waals surface area contributed by atoms with Crippen LogP contribution in [0.15, 0.2) is 22.7 Å². The van der Waals surface area contributed by atoms with Gasteiger partial charge in [0.15, 0.2) is 0 Å². The number of hydrogen-bond donors (Lipinski definition) is 1. The average Bonchev–Trinajstić information content (AvgIpc) is 2.29. The molecular formula is C10H12BrNO. The lowest BCUT2D eigenvalue weighted by Crippen LogP contribution is -2.13. The molecule has 0 saturated carbocycles. The summed E-state index contributed by atoms with van der Waals surface area (Å²) in [5.74, 6) is 1.51. The number of nitrogens with one attached hydrogen (secondary N) is 1. The van der Waals surface area contributed by atoms with Crippen molar-refractivity contribution in [3.05, 3.63) is 22.7 Å². The molecule has 13 heavy (non-hydrogen) atoms. The van der Waals surface area contributed by atoms with Gasteiger partial charge >= 0.3 is 0 Å². The summed E-state index contributed by atoms with van der Waals surface area (Å²) in [7, 11) is 0. The maximum Gasteiger partial charge on any atom is 0.142 e. The van der Waals surface area contributed by atoms with Crippen molar-refractivity contribution in [3.63, 3.8) is 0 Å². The summed E-state index contributed by atoms with van der Waals surface area (Å²) in [5, 5.41) is 3.36. The van der Waals surface area contributed by atoms with Gasteiger partial charge in [0, 0.05) is 16.9 Å². The molecule has 1 heterocycles. The predicted octanol–water partition coefficient (Wildman–Crippen LogP) is 2.89. The van der Waals surface area contributed by atoms with E-state index in [2.05, 4.69) is 28.2 Å². The topological polar surface area (TPSA) is 21.3 Å². The summed E-state index contributed by atoms with van der Waals surface area (Å²) in [5.41, 5.74) is 1.08. The molecule has 1 aromatic rings. The molecule has 1 unspecified atom stereocenters. The van der Waals surface area contributed by atoms with E-state index in [0.29, 0.717) is 5.92 Å². The van der Waals surface area contributed by atoms with Crippen LogP contribution in [0.3, 0.4) is 0 Å². The zero-order valence-corrected chi connectivity index (χ0v) is 9.10. The highest BCUT2D eigenvalue weighted by Crippen LogP contribution is 2.30. The van der Waals surface area contributed by atoms with E-state index in [1.807, 2.05) is 18.2 Å². The largest absolute Gasteiger partial charge is 0.491 e. The summed E-state index contributed by atoms with van der Waals surface area (Å²) in [6, 6.07) is 6.04. The van der Waals surface area contributed by atoms with Crippen molar-refractivity contribution in [3.8, 4) is 5.75 Å². The molecule has 0 aliphatic carbocycles. The van der Waals surface area contributed by atoms with Gasteiger partial charge < -0.3 is 10.1 Å². The first-order valence-electron chi connectivity index (χ1n) is 4.42. The molecule has 2 nitrogen and oxygen atoms in total. The Labute approximate surface area is 86.4 Å². The Morgan fingerprint density at radius 1 is 1.54 bits per heavy atom. The highest BCUT2D eigenvalue weighted by atomic mass is 79.9. The third-order valence-corrected chi connectivity index (χ3v) is 2.60. The molecule has 1 aromatic carbocycles. The molecule has 1 N–H and O–H groups in total. The average molecular weight is 242 g/mol. The highest BCUT2D eigenvalue weighted by Gasteiger charge is 2.12. The third-order valence-electron chi connectivity index (χ3n) is 2.11. The Balaban J connectivity index is 2.30. The van der Waals surface area contributed by atoms with Gasteiger partial charge in [0.25, 0.3) is 0 Å². The number of hydrogen-bond acceptors (Lipinski definition) is 2. The number of fused-ring (bicyclic) bond motifs is 1. The minimum atomic E-state index is 0.561. The van der Waals surface area contributed by atoms with Gasteiger partial charge in [-0.1, -0.05) is 22.9 Å². The minimum absolute atomic E-state index is 0.561. The number of rotatable bonds is 0. The lowest BCUT2D eigenvalue weighted by atomic mass is 10.2. The molecular weight excluding hydrogens is 230 g/mol. The standard InChI is InChI=1S/C10H12BrNO/c1-7-5-12-9-4-8(11)2-3-10(9)13-6-7/h2-4,7,12H,5-6H2,1H3. The fourth-order valence-electron chi connectivity index (χ4n) is 1.34. The van der Waals surface area contributed by atoms with Gasteiger partial charge in [-0.2, -0.15) is 0 Å². The fraction of sp³-hybridized carbons (Fsp3) is 0.400. The molecule has 0 aromatic heterocycles. The van der Waals surface area contributed by atoms with Crippen LogP contribution in [-0.4, -0.2) is 13.2 Å². The Morgan fingerprint density at radius 2 is 2.38 bits per heavy atom. The highest BCUT2D eigenvalue weighted by molar-refractivity contribution is 9.10. The molecule has 0 spiro atoms. The van der Waals surface area contributed by atoms with E-state index in [1.54, 1.807) is 0 Å². The van der Waals surface area contributed by atoms with Crippen LogP contribution in [0, 0.1) is 5.92 Å². The molecule has 1 aliphatic heterocycles. The molecule has 0 saturated heterocycles. The van der Waals surface area contributed by atoms with E-state index < -0.39 is 0 Å². The molecule has 1 aliphatic rings. The van der Waals surface area contributed by atoms with E-state index in [1.165, 1.54) is 0 Å². The van der Waals surface area contributed by atoms with Crippen LogP contribution < -0.4 is 10.1 Å². The Kier molecular flexibility index (Phi) is 2.44. The molecule has 2 rings (SSSR count). The minimum Gasteiger partial charge on any atom is -0.491 e. The third kappa shape index (κ3) is 1.97. The van der Waals surface area contributed by atoms with Gasteiger partial charge in [-0.05, 0) is 18.2 Å². The van der Waals surface area contributed by atoms with Gasteiger partial charge in [-0.3, -0.25) is 0 Å². The second-order valence-electron chi connectivity index (χ2n) is 3.44. The first-order chi connectivity index (χ1) is 6.25. The molecule has 70 valence electrons.